The van der Waals surface area contributed by atoms with E-state index in [0.717, 1.165) is 56.6 Å². The van der Waals surface area contributed by atoms with Crippen LogP contribution in [0.4, 0.5) is 0 Å². The number of hydrogen-bond acceptors (Lipinski definition) is 4. The van der Waals surface area contributed by atoms with Gasteiger partial charge in [-0.2, -0.15) is 0 Å². The monoisotopic (exact) mass is 418 g/mol. The van der Waals surface area contributed by atoms with Crippen LogP contribution >= 0.6 is 0 Å². The Morgan fingerprint density at radius 2 is 1.83 bits per heavy atom. The molecule has 1 fully saturated rings. The molecule has 1 amide bonds. The van der Waals surface area contributed by atoms with E-state index in [1.54, 1.807) is 7.11 Å². The number of aliphatic hydroxyl groups is 1. The van der Waals surface area contributed by atoms with Gasteiger partial charge in [0.2, 0.25) is 5.91 Å². The molecular weight excluding hydrogens is 380 g/mol. The van der Waals surface area contributed by atoms with Crippen molar-refractivity contribution in [1.82, 2.24) is 15.5 Å². The second kappa shape index (κ2) is 12.4. The van der Waals surface area contributed by atoms with Gasteiger partial charge in [-0.1, -0.05) is 26.0 Å². The van der Waals surface area contributed by atoms with Gasteiger partial charge in [0.05, 0.1) is 19.8 Å². The van der Waals surface area contributed by atoms with Gasteiger partial charge in [-0.15, -0.1) is 0 Å². The third-order valence-corrected chi connectivity index (χ3v) is 5.75. The zero-order chi connectivity index (χ0) is 21.9. The van der Waals surface area contributed by atoms with Crippen molar-refractivity contribution in [3.05, 3.63) is 29.8 Å². The van der Waals surface area contributed by atoms with E-state index in [1.807, 2.05) is 36.1 Å². The number of aliphatic imine (C=N–C) groups is 1. The maximum absolute atomic E-state index is 12.6. The Labute approximate surface area is 180 Å². The standard InChI is InChI=1S/C23H38N4O3/c1-5-17(6-2)22(29)27-14-12-19(13-15-27)26-23(24-7-3)25-16-21(28)18-8-10-20(30-4)11-9-18/h8-11,17,19,21,28H,5-7,12-16H2,1-4H3,(H2,24,25,26). The van der Waals surface area contributed by atoms with E-state index in [-0.39, 0.29) is 18.5 Å². The number of nitrogens with one attached hydrogen (secondary N) is 2. The molecule has 1 saturated heterocycles. The Bertz CT molecular complexity index is 666. The minimum atomic E-state index is -0.675. The number of nitrogens with zero attached hydrogens (tertiary/aromatic N) is 2. The number of piperidine rings is 1. The van der Waals surface area contributed by atoms with E-state index in [0.29, 0.717) is 11.9 Å². The van der Waals surface area contributed by atoms with E-state index in [1.165, 1.54) is 0 Å². The average molecular weight is 419 g/mol. The first-order valence-corrected chi connectivity index (χ1v) is 11.2. The number of methoxy groups -OCH3 is 1. The van der Waals surface area contributed by atoms with Crippen LogP contribution in [0.15, 0.2) is 29.3 Å². The second-order valence-electron chi connectivity index (χ2n) is 7.77. The number of carbonyl (C=O) groups excluding carboxylic acids is 1. The van der Waals surface area contributed by atoms with E-state index in [2.05, 4.69) is 29.5 Å². The fourth-order valence-corrected chi connectivity index (χ4v) is 3.76. The van der Waals surface area contributed by atoms with Crippen LogP contribution in [0, 0.1) is 5.92 Å². The summed E-state index contributed by atoms with van der Waals surface area (Å²) in [6, 6.07) is 7.65. The van der Waals surface area contributed by atoms with Gasteiger partial charge in [-0.05, 0) is 50.3 Å². The van der Waals surface area contributed by atoms with Crippen molar-refractivity contribution in [2.45, 2.75) is 58.6 Å². The number of aliphatic hydroxyl groups excluding tert-OH is 1. The van der Waals surface area contributed by atoms with Crippen molar-refractivity contribution in [2.75, 3.05) is 33.3 Å². The lowest BCUT2D eigenvalue weighted by Gasteiger charge is -2.35. The summed E-state index contributed by atoms with van der Waals surface area (Å²) in [6.45, 7) is 8.76. The molecular formula is C23H38N4O3. The predicted octanol–water partition coefficient (Wildman–Crippen LogP) is 2.71. The maximum atomic E-state index is 12.6. The van der Waals surface area contributed by atoms with Crippen molar-refractivity contribution in [2.24, 2.45) is 10.9 Å². The van der Waals surface area contributed by atoms with E-state index >= 15 is 0 Å². The number of carbonyl (C=O) groups is 1. The Morgan fingerprint density at radius 3 is 2.37 bits per heavy atom. The van der Waals surface area contributed by atoms with Gasteiger partial charge >= 0.3 is 0 Å². The lowest BCUT2D eigenvalue weighted by Crippen LogP contribution is -2.50. The molecule has 0 aliphatic carbocycles. The van der Waals surface area contributed by atoms with Gasteiger partial charge in [-0.25, -0.2) is 0 Å². The van der Waals surface area contributed by atoms with Crippen LogP contribution in [-0.4, -0.2) is 61.2 Å². The summed E-state index contributed by atoms with van der Waals surface area (Å²) in [5, 5.41) is 17.2. The molecule has 7 nitrogen and oxygen atoms in total. The molecule has 1 unspecified atom stereocenters. The number of rotatable bonds is 9. The molecule has 1 aliphatic heterocycles. The number of likely N-dealkylation sites (tertiary alicyclic amines) is 1. The summed E-state index contributed by atoms with van der Waals surface area (Å²) in [5.41, 5.74) is 0.809. The van der Waals surface area contributed by atoms with Gasteiger partial charge in [0.15, 0.2) is 5.96 Å². The third-order valence-electron chi connectivity index (χ3n) is 5.75. The average Bonchev–Trinajstić information content (AvgIpc) is 2.78. The summed E-state index contributed by atoms with van der Waals surface area (Å²) in [4.78, 5) is 19.2. The quantitative estimate of drug-likeness (QED) is 0.424. The number of guanidine groups is 1. The number of hydrogen-bond donors (Lipinski definition) is 3. The Morgan fingerprint density at radius 1 is 1.20 bits per heavy atom. The summed E-state index contributed by atoms with van der Waals surface area (Å²) < 4.78 is 5.16. The maximum Gasteiger partial charge on any atom is 0.225 e. The van der Waals surface area contributed by atoms with Gasteiger partial charge in [0.1, 0.15) is 5.75 Å². The fraction of sp³-hybridized carbons (Fsp3) is 0.652. The summed E-state index contributed by atoms with van der Waals surface area (Å²) >= 11 is 0. The smallest absolute Gasteiger partial charge is 0.225 e. The van der Waals surface area contributed by atoms with Gasteiger partial charge < -0.3 is 25.4 Å². The summed E-state index contributed by atoms with van der Waals surface area (Å²) in [5.74, 6) is 1.91. The summed E-state index contributed by atoms with van der Waals surface area (Å²) in [7, 11) is 1.62. The first kappa shape index (κ1) is 24.0. The van der Waals surface area contributed by atoms with Crippen LogP contribution in [0.5, 0.6) is 5.75 Å². The molecule has 1 aromatic rings. The second-order valence-corrected chi connectivity index (χ2v) is 7.77. The van der Waals surface area contributed by atoms with Crippen molar-refractivity contribution >= 4 is 11.9 Å². The first-order chi connectivity index (χ1) is 14.5. The largest absolute Gasteiger partial charge is 0.497 e. The van der Waals surface area contributed by atoms with Crippen LogP contribution in [0.3, 0.4) is 0 Å². The molecule has 3 N–H and O–H groups in total. The molecule has 0 spiro atoms. The van der Waals surface area contributed by atoms with Crippen molar-refractivity contribution < 1.29 is 14.6 Å². The van der Waals surface area contributed by atoms with Crippen LogP contribution in [-0.2, 0) is 4.79 Å². The topological polar surface area (TPSA) is 86.2 Å². The lowest BCUT2D eigenvalue weighted by atomic mass is 9.98. The van der Waals surface area contributed by atoms with Crippen LogP contribution in [0.25, 0.3) is 0 Å². The van der Waals surface area contributed by atoms with Crippen molar-refractivity contribution in [1.29, 1.82) is 0 Å². The van der Waals surface area contributed by atoms with Gasteiger partial charge in [0, 0.05) is 31.6 Å². The normalized spacial score (nSPS) is 16.5. The molecule has 168 valence electrons. The summed E-state index contributed by atoms with van der Waals surface area (Å²) in [6.07, 6.45) is 2.93. The molecule has 1 atom stereocenters. The molecule has 0 radical (unpaired) electrons. The highest BCUT2D eigenvalue weighted by atomic mass is 16.5. The van der Waals surface area contributed by atoms with E-state index < -0.39 is 6.10 Å². The Balaban J connectivity index is 1.88. The molecule has 0 saturated carbocycles. The molecule has 7 heteroatoms. The molecule has 0 aromatic heterocycles. The Hall–Kier alpha value is -2.28. The molecule has 2 rings (SSSR count). The first-order valence-electron chi connectivity index (χ1n) is 11.2. The molecule has 1 aromatic carbocycles. The minimum Gasteiger partial charge on any atom is -0.497 e. The highest BCUT2D eigenvalue weighted by Gasteiger charge is 2.26. The number of benzene rings is 1. The minimum absolute atomic E-state index is 0.146. The van der Waals surface area contributed by atoms with E-state index in [4.69, 9.17) is 4.74 Å². The fourth-order valence-electron chi connectivity index (χ4n) is 3.76. The lowest BCUT2D eigenvalue weighted by molar-refractivity contribution is -0.136. The van der Waals surface area contributed by atoms with Crippen LogP contribution in [0.1, 0.15) is 58.1 Å². The zero-order valence-electron chi connectivity index (χ0n) is 18.9. The highest BCUT2D eigenvalue weighted by molar-refractivity contribution is 5.80. The predicted molar refractivity (Wildman–Crippen MR) is 121 cm³/mol. The molecule has 30 heavy (non-hydrogen) atoms. The molecule has 0 bridgehead atoms. The highest BCUT2D eigenvalue weighted by Crippen LogP contribution is 2.19. The van der Waals surface area contributed by atoms with Crippen LogP contribution < -0.4 is 15.4 Å². The van der Waals surface area contributed by atoms with E-state index in [9.17, 15) is 9.90 Å². The van der Waals surface area contributed by atoms with Crippen molar-refractivity contribution in [3.63, 3.8) is 0 Å². The number of amides is 1. The van der Waals surface area contributed by atoms with Crippen molar-refractivity contribution in [3.8, 4) is 5.75 Å². The van der Waals surface area contributed by atoms with Gasteiger partial charge in [0.25, 0.3) is 0 Å². The molecule has 1 aliphatic rings. The third kappa shape index (κ3) is 6.90. The molecule has 1 heterocycles. The Kier molecular flexibility index (Phi) is 9.94. The van der Waals surface area contributed by atoms with Gasteiger partial charge in [-0.3, -0.25) is 9.79 Å². The number of ether oxygens (including phenoxy) is 1. The SMILES string of the molecule is CCNC(=NCC(O)c1ccc(OC)cc1)NC1CCN(C(=O)C(CC)CC)CC1. The van der Waals surface area contributed by atoms with Crippen LogP contribution in [0.2, 0.25) is 0 Å². The zero-order valence-corrected chi connectivity index (χ0v) is 18.9.